The first-order valence-electron chi connectivity index (χ1n) is 11.3. The zero-order chi connectivity index (χ0) is 24.0. The number of carbonyl (C=O) groups excluding carboxylic acids is 1. The van der Waals surface area contributed by atoms with Gasteiger partial charge in [-0.3, -0.25) is 4.79 Å². The Labute approximate surface area is 205 Å². The standard InChI is InChI=1S/C25H30N4O4S/c1-31-21-9-8-19(14-22(21)32-2)17-26-23(30)20-15-25(33-28-20)10-12-29(13-11-25)24(34)27-16-18-6-4-3-5-7-18/h3-9,14H,10-13,15-17H2,1-2H3,(H,26,30)(H,27,34). The van der Waals surface area contributed by atoms with Crippen LogP contribution in [0.5, 0.6) is 11.5 Å². The molecule has 0 atom stereocenters. The Morgan fingerprint density at radius 2 is 1.74 bits per heavy atom. The van der Waals surface area contributed by atoms with Gasteiger partial charge in [-0.05, 0) is 35.5 Å². The number of hydrogen-bond acceptors (Lipinski definition) is 6. The predicted molar refractivity (Wildman–Crippen MR) is 134 cm³/mol. The molecule has 0 saturated carbocycles. The second-order valence-electron chi connectivity index (χ2n) is 8.49. The molecule has 0 aromatic heterocycles. The van der Waals surface area contributed by atoms with Crippen molar-refractivity contribution in [2.75, 3.05) is 27.3 Å². The number of hydrogen-bond donors (Lipinski definition) is 2. The molecular weight excluding hydrogens is 452 g/mol. The summed E-state index contributed by atoms with van der Waals surface area (Å²) in [6.45, 7) is 2.58. The average Bonchev–Trinajstić information content (AvgIpc) is 3.30. The van der Waals surface area contributed by atoms with E-state index in [2.05, 4.69) is 32.8 Å². The fourth-order valence-corrected chi connectivity index (χ4v) is 4.44. The first-order chi connectivity index (χ1) is 16.5. The van der Waals surface area contributed by atoms with Crippen molar-refractivity contribution in [3.8, 4) is 11.5 Å². The van der Waals surface area contributed by atoms with Gasteiger partial charge in [-0.25, -0.2) is 0 Å². The number of amides is 1. The van der Waals surface area contributed by atoms with Gasteiger partial charge in [0.15, 0.2) is 16.6 Å². The highest BCUT2D eigenvalue weighted by atomic mass is 32.1. The third kappa shape index (κ3) is 5.59. The molecule has 34 heavy (non-hydrogen) atoms. The second kappa shape index (κ2) is 10.7. The topological polar surface area (TPSA) is 84.4 Å². The minimum atomic E-state index is -0.429. The number of methoxy groups -OCH3 is 2. The summed E-state index contributed by atoms with van der Waals surface area (Å²) in [6.07, 6.45) is 2.02. The number of nitrogens with one attached hydrogen (secondary N) is 2. The number of benzene rings is 2. The number of nitrogens with zero attached hydrogens (tertiary/aromatic N) is 2. The first-order valence-corrected chi connectivity index (χ1v) is 11.7. The van der Waals surface area contributed by atoms with Crippen LogP contribution in [0.15, 0.2) is 53.7 Å². The van der Waals surface area contributed by atoms with Gasteiger partial charge < -0.3 is 29.8 Å². The van der Waals surface area contributed by atoms with Crippen molar-refractivity contribution in [2.45, 2.75) is 38.0 Å². The van der Waals surface area contributed by atoms with Gasteiger partial charge >= 0.3 is 0 Å². The van der Waals surface area contributed by atoms with Gasteiger partial charge in [-0.15, -0.1) is 0 Å². The molecule has 0 unspecified atom stereocenters. The van der Waals surface area contributed by atoms with Crippen LogP contribution in [-0.4, -0.2) is 54.5 Å². The Morgan fingerprint density at radius 1 is 1.03 bits per heavy atom. The summed E-state index contributed by atoms with van der Waals surface area (Å²) in [5.74, 6) is 1.06. The quantitative estimate of drug-likeness (QED) is 0.587. The highest BCUT2D eigenvalue weighted by Crippen LogP contribution is 2.35. The molecule has 2 heterocycles. The van der Waals surface area contributed by atoms with E-state index in [0.717, 1.165) is 36.6 Å². The molecule has 2 aliphatic rings. The van der Waals surface area contributed by atoms with E-state index >= 15 is 0 Å². The zero-order valence-corrected chi connectivity index (χ0v) is 20.3. The molecule has 0 aliphatic carbocycles. The Bertz CT molecular complexity index is 1050. The fraction of sp³-hybridized carbons (Fsp3) is 0.400. The van der Waals surface area contributed by atoms with Crippen molar-refractivity contribution in [3.63, 3.8) is 0 Å². The van der Waals surface area contributed by atoms with Gasteiger partial charge in [0.1, 0.15) is 11.3 Å². The molecule has 2 aromatic rings. The van der Waals surface area contributed by atoms with Crippen LogP contribution in [0.2, 0.25) is 0 Å². The van der Waals surface area contributed by atoms with Crippen molar-refractivity contribution in [2.24, 2.45) is 5.16 Å². The molecule has 0 bridgehead atoms. The maximum absolute atomic E-state index is 12.7. The van der Waals surface area contributed by atoms with E-state index in [4.69, 9.17) is 26.5 Å². The molecule has 1 spiro atoms. The van der Waals surface area contributed by atoms with Crippen LogP contribution in [0.3, 0.4) is 0 Å². The Kier molecular flexibility index (Phi) is 7.52. The minimum Gasteiger partial charge on any atom is -0.493 e. The highest BCUT2D eigenvalue weighted by molar-refractivity contribution is 7.80. The lowest BCUT2D eigenvalue weighted by Gasteiger charge is -2.38. The SMILES string of the molecule is COc1ccc(CNC(=O)C2=NOC3(CCN(C(=S)NCc4ccccc4)CC3)C2)cc1OC. The largest absolute Gasteiger partial charge is 0.493 e. The van der Waals surface area contributed by atoms with E-state index in [-0.39, 0.29) is 5.91 Å². The van der Waals surface area contributed by atoms with Crippen LogP contribution in [0.25, 0.3) is 0 Å². The lowest BCUT2D eigenvalue weighted by Crippen LogP contribution is -2.50. The van der Waals surface area contributed by atoms with Crippen LogP contribution in [-0.2, 0) is 22.7 Å². The van der Waals surface area contributed by atoms with Crippen molar-refractivity contribution < 1.29 is 19.1 Å². The predicted octanol–water partition coefficient (Wildman–Crippen LogP) is 3.01. The molecule has 4 rings (SSSR count). The van der Waals surface area contributed by atoms with Gasteiger partial charge in [-0.2, -0.15) is 0 Å². The molecule has 1 saturated heterocycles. The molecule has 1 amide bonds. The third-order valence-corrected chi connectivity index (χ3v) is 6.65. The number of carbonyl (C=O) groups is 1. The van der Waals surface area contributed by atoms with Gasteiger partial charge in [0, 0.05) is 45.4 Å². The van der Waals surface area contributed by atoms with Crippen LogP contribution >= 0.6 is 12.2 Å². The Balaban J connectivity index is 1.23. The molecule has 9 heteroatoms. The number of thiocarbonyl (C=S) groups is 1. The van der Waals surface area contributed by atoms with Gasteiger partial charge in [-0.1, -0.05) is 41.6 Å². The smallest absolute Gasteiger partial charge is 0.269 e. The number of rotatable bonds is 7. The molecule has 2 N–H and O–H groups in total. The van der Waals surface area contributed by atoms with Crippen molar-refractivity contribution in [1.82, 2.24) is 15.5 Å². The average molecular weight is 483 g/mol. The van der Waals surface area contributed by atoms with Crippen LogP contribution < -0.4 is 20.1 Å². The normalized spacial score (nSPS) is 16.4. The maximum atomic E-state index is 12.7. The monoisotopic (exact) mass is 482 g/mol. The number of piperidine rings is 1. The highest BCUT2D eigenvalue weighted by Gasteiger charge is 2.44. The summed E-state index contributed by atoms with van der Waals surface area (Å²) in [4.78, 5) is 20.6. The van der Waals surface area contributed by atoms with Crippen LogP contribution in [0, 0.1) is 0 Å². The van der Waals surface area contributed by atoms with Gasteiger partial charge in [0.25, 0.3) is 5.91 Å². The van der Waals surface area contributed by atoms with Crippen molar-refractivity contribution >= 4 is 28.9 Å². The molecule has 180 valence electrons. The Morgan fingerprint density at radius 3 is 2.44 bits per heavy atom. The number of oxime groups is 1. The van der Waals surface area contributed by atoms with Gasteiger partial charge in [0.05, 0.1) is 14.2 Å². The minimum absolute atomic E-state index is 0.214. The van der Waals surface area contributed by atoms with Gasteiger partial charge in [0.2, 0.25) is 0 Å². The summed E-state index contributed by atoms with van der Waals surface area (Å²) in [7, 11) is 3.17. The lowest BCUT2D eigenvalue weighted by molar-refractivity contribution is -0.115. The molecule has 1 fully saturated rings. The lowest BCUT2D eigenvalue weighted by atomic mass is 9.87. The van der Waals surface area contributed by atoms with E-state index in [1.54, 1.807) is 14.2 Å². The zero-order valence-electron chi connectivity index (χ0n) is 19.5. The van der Waals surface area contributed by atoms with E-state index < -0.39 is 5.60 Å². The summed E-state index contributed by atoms with van der Waals surface area (Å²) < 4.78 is 10.6. The molecule has 8 nitrogen and oxygen atoms in total. The fourth-order valence-electron chi connectivity index (χ4n) is 4.19. The first kappa shape index (κ1) is 23.8. The summed E-state index contributed by atoms with van der Waals surface area (Å²) in [5, 5.41) is 11.1. The second-order valence-corrected chi connectivity index (χ2v) is 8.88. The number of likely N-dealkylation sites (tertiary alicyclic amines) is 1. The molecular formula is C25H30N4O4S. The van der Waals surface area contributed by atoms with Crippen LogP contribution in [0.4, 0.5) is 0 Å². The van der Waals surface area contributed by atoms with E-state index in [1.807, 2.05) is 36.4 Å². The molecule has 2 aliphatic heterocycles. The van der Waals surface area contributed by atoms with E-state index in [1.165, 1.54) is 5.56 Å². The van der Waals surface area contributed by atoms with Crippen LogP contribution in [0.1, 0.15) is 30.4 Å². The summed E-state index contributed by atoms with van der Waals surface area (Å²) >= 11 is 5.58. The summed E-state index contributed by atoms with van der Waals surface area (Å²) in [6, 6.07) is 15.7. The third-order valence-electron chi connectivity index (χ3n) is 6.25. The molecule has 0 radical (unpaired) electrons. The van der Waals surface area contributed by atoms with Crippen molar-refractivity contribution in [1.29, 1.82) is 0 Å². The van der Waals surface area contributed by atoms with Crippen molar-refractivity contribution in [3.05, 3.63) is 59.7 Å². The molecule has 2 aromatic carbocycles. The van der Waals surface area contributed by atoms with E-state index in [9.17, 15) is 4.79 Å². The Hall–Kier alpha value is -3.33. The number of ether oxygens (including phenoxy) is 2. The summed E-state index contributed by atoms with van der Waals surface area (Å²) in [5.41, 5.74) is 2.10. The maximum Gasteiger partial charge on any atom is 0.269 e. The van der Waals surface area contributed by atoms with E-state index in [0.29, 0.717) is 36.7 Å².